The summed E-state index contributed by atoms with van der Waals surface area (Å²) in [7, 11) is 1.44. The van der Waals surface area contributed by atoms with Gasteiger partial charge in [-0.05, 0) is 69.2 Å². The van der Waals surface area contributed by atoms with Crippen LogP contribution in [0.5, 0.6) is 5.88 Å². The van der Waals surface area contributed by atoms with Crippen molar-refractivity contribution in [3.05, 3.63) is 76.5 Å². The minimum atomic E-state index is -5.10. The lowest BCUT2D eigenvalue weighted by molar-refractivity contribution is -0.139. The second-order valence-electron chi connectivity index (χ2n) is 10.5. The van der Waals surface area contributed by atoms with Crippen LogP contribution in [0.15, 0.2) is 42.5 Å². The van der Waals surface area contributed by atoms with E-state index in [0.717, 1.165) is 12.1 Å². The van der Waals surface area contributed by atoms with Crippen LogP contribution < -0.4 is 15.8 Å². The van der Waals surface area contributed by atoms with E-state index in [1.807, 2.05) is 0 Å². The molecule has 0 saturated carbocycles. The van der Waals surface area contributed by atoms with E-state index < -0.39 is 52.3 Å². The Bertz CT molecular complexity index is 1490. The SMILES string of the molecule is COc1ccc(N)c(CCN(CCc2cc(F)ccc2Nc2cc(C(F)(F)F)c(F)cc2C(=O)O)C(=O)OC(C)(C)C)n1. The van der Waals surface area contributed by atoms with Crippen molar-refractivity contribution < 1.29 is 46.1 Å². The molecule has 1 heterocycles. The highest BCUT2D eigenvalue weighted by Gasteiger charge is 2.35. The fourth-order valence-electron chi connectivity index (χ4n) is 4.03. The predicted molar refractivity (Wildman–Crippen MR) is 148 cm³/mol. The summed E-state index contributed by atoms with van der Waals surface area (Å²) in [6.45, 7) is 5.07. The van der Waals surface area contributed by atoms with Gasteiger partial charge in [-0.3, -0.25) is 0 Å². The van der Waals surface area contributed by atoms with Crippen molar-refractivity contribution in [2.75, 3.05) is 31.2 Å². The van der Waals surface area contributed by atoms with Gasteiger partial charge < -0.3 is 30.5 Å². The van der Waals surface area contributed by atoms with Gasteiger partial charge in [0.15, 0.2) is 0 Å². The van der Waals surface area contributed by atoms with Crippen molar-refractivity contribution >= 4 is 29.1 Å². The second kappa shape index (κ2) is 13.1. The molecule has 9 nitrogen and oxygen atoms in total. The summed E-state index contributed by atoms with van der Waals surface area (Å²) in [6, 6.07) is 7.09. The first-order valence-corrected chi connectivity index (χ1v) is 12.9. The van der Waals surface area contributed by atoms with Crippen molar-refractivity contribution in [2.24, 2.45) is 0 Å². The average molecular weight is 611 g/mol. The van der Waals surface area contributed by atoms with Crippen molar-refractivity contribution in [3.8, 4) is 5.88 Å². The number of hydrogen-bond acceptors (Lipinski definition) is 7. The number of halogens is 5. The number of alkyl halides is 3. The number of aromatic carboxylic acids is 1. The third-order valence-electron chi connectivity index (χ3n) is 6.09. The number of nitrogens with two attached hydrogens (primary N) is 1. The van der Waals surface area contributed by atoms with Crippen molar-refractivity contribution in [1.29, 1.82) is 0 Å². The number of carbonyl (C=O) groups excluding carboxylic acids is 1. The summed E-state index contributed by atoms with van der Waals surface area (Å²) < 4.78 is 79.1. The van der Waals surface area contributed by atoms with Crippen LogP contribution in [0.2, 0.25) is 0 Å². The molecule has 1 aromatic heterocycles. The number of carboxylic acids is 1. The smallest absolute Gasteiger partial charge is 0.419 e. The third-order valence-corrected chi connectivity index (χ3v) is 6.09. The van der Waals surface area contributed by atoms with E-state index in [0.29, 0.717) is 23.3 Å². The van der Waals surface area contributed by atoms with Gasteiger partial charge >= 0.3 is 18.2 Å². The van der Waals surface area contributed by atoms with Gasteiger partial charge in [0, 0.05) is 31.3 Å². The van der Waals surface area contributed by atoms with Crippen LogP contribution in [0.25, 0.3) is 0 Å². The summed E-state index contributed by atoms with van der Waals surface area (Å²) in [5.74, 6) is -3.81. The van der Waals surface area contributed by atoms with E-state index in [1.165, 1.54) is 18.1 Å². The van der Waals surface area contributed by atoms with Crippen LogP contribution in [0.3, 0.4) is 0 Å². The predicted octanol–water partition coefficient (Wildman–Crippen LogP) is 6.43. The summed E-state index contributed by atoms with van der Waals surface area (Å²) >= 11 is 0. The van der Waals surface area contributed by atoms with Crippen molar-refractivity contribution in [3.63, 3.8) is 0 Å². The zero-order chi connectivity index (χ0) is 32.1. The molecule has 0 unspecified atom stereocenters. The number of carboxylic acid groups (broad SMARTS) is 1. The fourth-order valence-corrected chi connectivity index (χ4v) is 4.03. The van der Waals surface area contributed by atoms with Gasteiger partial charge in [0.1, 0.15) is 17.2 Å². The van der Waals surface area contributed by atoms with Crippen LogP contribution in [0.4, 0.5) is 43.8 Å². The number of benzene rings is 2. The Morgan fingerprint density at radius 1 is 1.00 bits per heavy atom. The summed E-state index contributed by atoms with van der Waals surface area (Å²) in [4.78, 5) is 30.4. The van der Waals surface area contributed by atoms with Crippen LogP contribution in [-0.2, 0) is 23.8 Å². The Balaban J connectivity index is 1.92. The molecule has 1 amide bonds. The number of anilines is 3. The van der Waals surface area contributed by atoms with Gasteiger partial charge in [-0.25, -0.2) is 23.4 Å². The van der Waals surface area contributed by atoms with Crippen LogP contribution in [0, 0.1) is 11.6 Å². The molecule has 232 valence electrons. The van der Waals surface area contributed by atoms with Crippen molar-refractivity contribution in [2.45, 2.75) is 45.4 Å². The van der Waals surface area contributed by atoms with E-state index in [2.05, 4.69) is 10.3 Å². The first-order valence-electron chi connectivity index (χ1n) is 12.9. The van der Waals surface area contributed by atoms with E-state index in [-0.39, 0.29) is 43.2 Å². The molecule has 0 aliphatic heterocycles. The average Bonchev–Trinajstić information content (AvgIpc) is 2.89. The molecule has 0 radical (unpaired) electrons. The normalized spacial score (nSPS) is 11.7. The molecule has 0 aliphatic carbocycles. The Morgan fingerprint density at radius 3 is 2.28 bits per heavy atom. The highest BCUT2D eigenvalue weighted by molar-refractivity contribution is 5.95. The zero-order valence-electron chi connectivity index (χ0n) is 23.8. The molecule has 43 heavy (non-hydrogen) atoms. The summed E-state index contributed by atoms with van der Waals surface area (Å²) in [5, 5.41) is 12.1. The second-order valence-corrected chi connectivity index (χ2v) is 10.5. The maximum atomic E-state index is 14.3. The first-order chi connectivity index (χ1) is 20.0. The van der Waals surface area contributed by atoms with Gasteiger partial charge in [-0.2, -0.15) is 13.2 Å². The maximum Gasteiger partial charge on any atom is 0.419 e. The van der Waals surface area contributed by atoms with Crippen LogP contribution >= 0.6 is 0 Å². The molecule has 0 spiro atoms. The maximum absolute atomic E-state index is 14.3. The molecule has 3 aromatic rings. The molecule has 3 rings (SSSR count). The minimum Gasteiger partial charge on any atom is -0.481 e. The Kier molecular flexibility index (Phi) is 10.0. The van der Waals surface area contributed by atoms with Crippen molar-refractivity contribution in [1.82, 2.24) is 9.88 Å². The van der Waals surface area contributed by atoms with E-state index >= 15 is 0 Å². The van der Waals surface area contributed by atoms with Crippen LogP contribution in [-0.4, -0.2) is 52.9 Å². The highest BCUT2D eigenvalue weighted by Crippen LogP contribution is 2.36. The summed E-state index contributed by atoms with van der Waals surface area (Å²) in [5.41, 5.74) is 3.25. The van der Waals surface area contributed by atoms with Gasteiger partial charge in [0.05, 0.1) is 35.3 Å². The number of rotatable bonds is 10. The lowest BCUT2D eigenvalue weighted by Crippen LogP contribution is -2.39. The van der Waals surface area contributed by atoms with Gasteiger partial charge in [-0.1, -0.05) is 0 Å². The molecule has 4 N–H and O–H groups in total. The monoisotopic (exact) mass is 610 g/mol. The quantitative estimate of drug-likeness (QED) is 0.224. The van der Waals surface area contributed by atoms with E-state index in [1.54, 1.807) is 32.9 Å². The third kappa shape index (κ3) is 8.93. The number of aromatic nitrogens is 1. The molecular formula is C29H31F5N4O5. The number of methoxy groups -OCH3 is 1. The number of carbonyl (C=O) groups is 2. The number of hydrogen-bond donors (Lipinski definition) is 3. The van der Waals surface area contributed by atoms with Gasteiger partial charge in [-0.15, -0.1) is 0 Å². The lowest BCUT2D eigenvalue weighted by atomic mass is 10.0. The van der Waals surface area contributed by atoms with Crippen LogP contribution in [0.1, 0.15) is 48.0 Å². The fraction of sp³-hybridized carbons (Fsp3) is 0.345. The Labute approximate surface area is 244 Å². The lowest BCUT2D eigenvalue weighted by Gasteiger charge is -2.28. The van der Waals surface area contributed by atoms with E-state index in [9.17, 15) is 36.6 Å². The minimum absolute atomic E-state index is 0.0317. The number of nitrogens with zero attached hydrogens (tertiary/aromatic N) is 2. The molecule has 0 fully saturated rings. The number of pyridine rings is 1. The standard InChI is InChI=1S/C29H31F5N4O5/c1-28(2,3)43-27(41)38(12-10-23-21(35)6-8-25(37-23)42-4)11-9-16-13-17(30)5-7-22(16)36-24-15-19(29(32,33)34)20(31)14-18(24)26(39)40/h5-8,13-15,36H,9-12,35H2,1-4H3,(H,39,40). The molecular weight excluding hydrogens is 579 g/mol. The van der Waals surface area contributed by atoms with E-state index in [4.69, 9.17) is 15.2 Å². The topological polar surface area (TPSA) is 127 Å². The molecule has 2 aromatic carbocycles. The molecule has 0 aliphatic rings. The number of ether oxygens (including phenoxy) is 2. The Hall–Kier alpha value is -4.62. The summed E-state index contributed by atoms with van der Waals surface area (Å²) in [6.07, 6.45) is -5.62. The largest absolute Gasteiger partial charge is 0.481 e. The molecule has 0 bridgehead atoms. The number of amides is 1. The highest BCUT2D eigenvalue weighted by atomic mass is 19.4. The number of nitrogen functional groups attached to an aromatic ring is 1. The molecule has 14 heteroatoms. The molecule has 0 saturated heterocycles. The number of nitrogens with one attached hydrogen (secondary N) is 1. The first kappa shape index (κ1) is 32.9. The Morgan fingerprint density at radius 2 is 1.67 bits per heavy atom. The molecule has 0 atom stereocenters. The van der Waals surface area contributed by atoms with Gasteiger partial charge in [0.2, 0.25) is 5.88 Å². The zero-order valence-corrected chi connectivity index (χ0v) is 23.8. The van der Waals surface area contributed by atoms with Gasteiger partial charge in [0.25, 0.3) is 0 Å².